The van der Waals surface area contributed by atoms with Crippen molar-refractivity contribution in [1.82, 2.24) is 5.32 Å². The fourth-order valence-corrected chi connectivity index (χ4v) is 3.03. The SMILES string of the molecule is O=C(Cc1ccccc1)Nc1ccc(NC(=S)NC(=O)c2ccccc2Cl)cc1. The van der Waals surface area contributed by atoms with Crippen LogP contribution >= 0.6 is 23.8 Å². The Morgan fingerprint density at radius 3 is 2.03 bits per heavy atom. The van der Waals surface area contributed by atoms with E-state index in [-0.39, 0.29) is 11.0 Å². The summed E-state index contributed by atoms with van der Waals surface area (Å²) in [4.78, 5) is 24.3. The van der Waals surface area contributed by atoms with E-state index in [0.29, 0.717) is 28.4 Å². The van der Waals surface area contributed by atoms with E-state index < -0.39 is 5.91 Å². The molecule has 3 aromatic rings. The van der Waals surface area contributed by atoms with Gasteiger partial charge in [-0.2, -0.15) is 0 Å². The molecule has 29 heavy (non-hydrogen) atoms. The van der Waals surface area contributed by atoms with E-state index >= 15 is 0 Å². The van der Waals surface area contributed by atoms with Gasteiger partial charge >= 0.3 is 0 Å². The van der Waals surface area contributed by atoms with E-state index in [1.807, 2.05) is 30.3 Å². The van der Waals surface area contributed by atoms with Gasteiger partial charge in [-0.05, 0) is 54.2 Å². The van der Waals surface area contributed by atoms with E-state index in [4.69, 9.17) is 23.8 Å². The largest absolute Gasteiger partial charge is 0.332 e. The molecule has 0 aliphatic rings. The van der Waals surface area contributed by atoms with Crippen molar-refractivity contribution >= 4 is 52.1 Å². The topological polar surface area (TPSA) is 70.2 Å². The minimum absolute atomic E-state index is 0.0977. The van der Waals surface area contributed by atoms with Crippen LogP contribution in [0.1, 0.15) is 15.9 Å². The first kappa shape index (κ1) is 20.5. The second-order valence-electron chi connectivity index (χ2n) is 6.18. The summed E-state index contributed by atoms with van der Waals surface area (Å²) in [6.07, 6.45) is 0.305. The van der Waals surface area contributed by atoms with Crippen LogP contribution < -0.4 is 16.0 Å². The van der Waals surface area contributed by atoms with Crippen molar-refractivity contribution in [3.63, 3.8) is 0 Å². The van der Waals surface area contributed by atoms with Gasteiger partial charge < -0.3 is 10.6 Å². The molecular weight excluding hydrogens is 406 g/mol. The molecule has 5 nitrogen and oxygen atoms in total. The number of halogens is 1. The highest BCUT2D eigenvalue weighted by Crippen LogP contribution is 2.16. The van der Waals surface area contributed by atoms with Crippen LogP contribution in [0, 0.1) is 0 Å². The van der Waals surface area contributed by atoms with Crippen molar-refractivity contribution in [2.75, 3.05) is 10.6 Å². The van der Waals surface area contributed by atoms with Gasteiger partial charge in [0.1, 0.15) is 0 Å². The molecule has 0 aliphatic carbocycles. The van der Waals surface area contributed by atoms with Crippen LogP contribution in [0.25, 0.3) is 0 Å². The number of anilines is 2. The summed E-state index contributed by atoms with van der Waals surface area (Å²) in [5.74, 6) is -0.489. The Kier molecular flexibility index (Phi) is 6.94. The molecule has 0 saturated heterocycles. The van der Waals surface area contributed by atoms with Crippen LogP contribution in [-0.2, 0) is 11.2 Å². The summed E-state index contributed by atoms with van der Waals surface area (Å²) in [5, 5.41) is 8.86. The monoisotopic (exact) mass is 423 g/mol. The average molecular weight is 424 g/mol. The van der Waals surface area contributed by atoms with Crippen LogP contribution in [0.5, 0.6) is 0 Å². The highest BCUT2D eigenvalue weighted by molar-refractivity contribution is 7.80. The molecule has 0 bridgehead atoms. The quantitative estimate of drug-likeness (QED) is 0.522. The first-order chi connectivity index (χ1) is 14.0. The molecule has 3 N–H and O–H groups in total. The lowest BCUT2D eigenvalue weighted by Crippen LogP contribution is -2.34. The van der Waals surface area contributed by atoms with Crippen molar-refractivity contribution in [1.29, 1.82) is 0 Å². The molecule has 0 saturated carbocycles. The standard InChI is InChI=1S/C22H18ClN3O2S/c23-19-9-5-4-8-18(19)21(28)26-22(29)25-17-12-10-16(11-13-17)24-20(27)14-15-6-2-1-3-7-15/h1-13H,14H2,(H,24,27)(H2,25,26,28,29). The van der Waals surface area contributed by atoms with E-state index in [1.54, 1.807) is 48.5 Å². The molecule has 146 valence electrons. The maximum Gasteiger partial charge on any atom is 0.258 e. The number of hydrogen-bond acceptors (Lipinski definition) is 3. The Hall–Kier alpha value is -3.22. The Morgan fingerprint density at radius 2 is 1.38 bits per heavy atom. The van der Waals surface area contributed by atoms with Crippen LogP contribution in [-0.4, -0.2) is 16.9 Å². The van der Waals surface area contributed by atoms with Gasteiger partial charge in [-0.15, -0.1) is 0 Å². The number of thiocarbonyl (C=S) groups is 1. The van der Waals surface area contributed by atoms with Crippen molar-refractivity contribution < 1.29 is 9.59 Å². The lowest BCUT2D eigenvalue weighted by Gasteiger charge is -2.11. The Bertz CT molecular complexity index is 1020. The third-order valence-electron chi connectivity index (χ3n) is 3.98. The Labute approximate surface area is 179 Å². The first-order valence-electron chi connectivity index (χ1n) is 8.82. The Balaban J connectivity index is 1.52. The van der Waals surface area contributed by atoms with Gasteiger partial charge in [0.05, 0.1) is 17.0 Å². The molecule has 0 radical (unpaired) electrons. The van der Waals surface area contributed by atoms with Crippen molar-refractivity contribution in [2.45, 2.75) is 6.42 Å². The summed E-state index contributed by atoms with van der Waals surface area (Å²) in [5.41, 5.74) is 2.63. The first-order valence-corrected chi connectivity index (χ1v) is 9.60. The van der Waals surface area contributed by atoms with Crippen molar-refractivity contribution in [2.24, 2.45) is 0 Å². The number of nitrogens with one attached hydrogen (secondary N) is 3. The molecule has 0 atom stereocenters. The lowest BCUT2D eigenvalue weighted by atomic mass is 10.1. The molecule has 3 rings (SSSR count). The average Bonchev–Trinajstić information content (AvgIpc) is 2.70. The van der Waals surface area contributed by atoms with Crippen LogP contribution in [0.2, 0.25) is 5.02 Å². The maximum absolute atomic E-state index is 12.2. The van der Waals surface area contributed by atoms with Gasteiger partial charge in [0.15, 0.2) is 5.11 Å². The van der Waals surface area contributed by atoms with Crippen molar-refractivity contribution in [3.05, 3.63) is 95.0 Å². The number of carbonyl (C=O) groups excluding carboxylic acids is 2. The van der Waals surface area contributed by atoms with E-state index in [9.17, 15) is 9.59 Å². The van der Waals surface area contributed by atoms with E-state index in [1.165, 1.54) is 0 Å². The number of rotatable bonds is 5. The molecule has 0 aliphatic heterocycles. The molecule has 0 aromatic heterocycles. The number of amides is 2. The van der Waals surface area contributed by atoms with Crippen molar-refractivity contribution in [3.8, 4) is 0 Å². The fraction of sp³-hybridized carbons (Fsp3) is 0.0455. The number of hydrogen-bond donors (Lipinski definition) is 3. The van der Waals surface area contributed by atoms with Gasteiger partial charge in [-0.3, -0.25) is 14.9 Å². The van der Waals surface area contributed by atoms with Crippen LogP contribution in [0.4, 0.5) is 11.4 Å². The van der Waals surface area contributed by atoms with Gasteiger partial charge in [0, 0.05) is 11.4 Å². The maximum atomic E-state index is 12.2. The highest BCUT2D eigenvalue weighted by Gasteiger charge is 2.11. The molecule has 0 heterocycles. The van der Waals surface area contributed by atoms with E-state index in [0.717, 1.165) is 5.56 Å². The number of carbonyl (C=O) groups is 2. The van der Waals surface area contributed by atoms with Crippen LogP contribution in [0.3, 0.4) is 0 Å². The zero-order valence-electron chi connectivity index (χ0n) is 15.3. The zero-order chi connectivity index (χ0) is 20.6. The third-order valence-corrected chi connectivity index (χ3v) is 4.51. The highest BCUT2D eigenvalue weighted by atomic mass is 35.5. The Morgan fingerprint density at radius 1 is 0.793 bits per heavy atom. The smallest absolute Gasteiger partial charge is 0.258 e. The summed E-state index contributed by atoms with van der Waals surface area (Å²) < 4.78 is 0. The molecule has 2 amide bonds. The van der Waals surface area contributed by atoms with Gasteiger partial charge in [0.2, 0.25) is 5.91 Å². The summed E-state index contributed by atoms with van der Waals surface area (Å²) in [7, 11) is 0. The lowest BCUT2D eigenvalue weighted by molar-refractivity contribution is -0.115. The minimum atomic E-state index is -0.391. The molecule has 0 fully saturated rings. The molecule has 3 aromatic carbocycles. The molecule has 0 spiro atoms. The predicted octanol–water partition coefficient (Wildman–Crippen LogP) is 4.65. The van der Waals surface area contributed by atoms with Gasteiger partial charge in [-0.25, -0.2) is 0 Å². The second-order valence-corrected chi connectivity index (χ2v) is 6.99. The fourth-order valence-electron chi connectivity index (χ4n) is 2.60. The minimum Gasteiger partial charge on any atom is -0.332 e. The summed E-state index contributed by atoms with van der Waals surface area (Å²) in [6, 6.07) is 23.3. The summed E-state index contributed by atoms with van der Waals surface area (Å²) in [6.45, 7) is 0. The summed E-state index contributed by atoms with van der Waals surface area (Å²) >= 11 is 11.2. The third kappa shape index (κ3) is 6.14. The molecule has 0 unspecified atom stereocenters. The molecular formula is C22H18ClN3O2S. The van der Waals surface area contributed by atoms with Gasteiger partial charge in [0.25, 0.3) is 5.91 Å². The van der Waals surface area contributed by atoms with Crippen LogP contribution in [0.15, 0.2) is 78.9 Å². The van der Waals surface area contributed by atoms with Gasteiger partial charge in [-0.1, -0.05) is 54.1 Å². The second kappa shape index (κ2) is 9.82. The number of benzene rings is 3. The molecule has 7 heteroatoms. The zero-order valence-corrected chi connectivity index (χ0v) is 16.9. The normalized spacial score (nSPS) is 10.1. The predicted molar refractivity (Wildman–Crippen MR) is 120 cm³/mol. The van der Waals surface area contributed by atoms with E-state index in [2.05, 4.69) is 16.0 Å².